The Kier molecular flexibility index (Phi) is 15.3. The van der Waals surface area contributed by atoms with Crippen LogP contribution in [-0.2, 0) is 0 Å². The molecule has 0 aromatic carbocycles. The molecule has 0 rings (SSSR count). The van der Waals surface area contributed by atoms with E-state index in [1.54, 1.807) is 0 Å². The van der Waals surface area contributed by atoms with Gasteiger partial charge in [-0.2, -0.15) is 0 Å². The quantitative estimate of drug-likeness (QED) is 0.369. The molecule has 0 aromatic heterocycles. The van der Waals surface area contributed by atoms with E-state index in [2.05, 4.69) is 22.9 Å². The number of primary amides is 4. The molecule has 0 aliphatic heterocycles. The number of aliphatic hydroxyl groups is 2. The Bertz CT molecular complexity index is 187. The molecule has 0 saturated carbocycles. The molecular weight excluding hydrogens is 228 g/mol. The summed E-state index contributed by atoms with van der Waals surface area (Å²) in [5.41, 5.74) is 16.7. The second kappa shape index (κ2) is 12.5. The number of hydrogen-bond acceptors (Lipinski definition) is 4. The highest BCUT2D eigenvalue weighted by Crippen LogP contribution is 2.20. The fourth-order valence-corrected chi connectivity index (χ4v) is 0.812. The molecular formula is C9H24N4O4. The zero-order chi connectivity index (χ0) is 14.5. The number of carbonyl (C=O) groups excluding carboxylic acids is 2. The maximum atomic E-state index is 9.00. The third-order valence-corrected chi connectivity index (χ3v) is 1.62. The lowest BCUT2D eigenvalue weighted by Gasteiger charge is -2.23. The molecule has 0 aromatic rings. The molecule has 0 fully saturated rings. The first-order valence-corrected chi connectivity index (χ1v) is 4.96. The summed E-state index contributed by atoms with van der Waals surface area (Å²) in [7, 11) is 0. The summed E-state index contributed by atoms with van der Waals surface area (Å²) < 4.78 is 0. The number of rotatable bonds is 4. The SMILES string of the molecule is CCCC(C)(CO)CO.NC(N)=O.NC(N)=O. The summed E-state index contributed by atoms with van der Waals surface area (Å²) in [6, 6.07) is -1.67. The van der Waals surface area contributed by atoms with Crippen molar-refractivity contribution < 1.29 is 19.8 Å². The van der Waals surface area contributed by atoms with Crippen molar-refractivity contribution in [2.24, 2.45) is 28.3 Å². The third kappa shape index (κ3) is 31.4. The van der Waals surface area contributed by atoms with Crippen molar-refractivity contribution in [3.05, 3.63) is 0 Å². The average Bonchev–Trinajstić information content (AvgIpc) is 2.16. The summed E-state index contributed by atoms with van der Waals surface area (Å²) in [6.45, 7) is 4.09. The van der Waals surface area contributed by atoms with E-state index in [0.717, 1.165) is 12.8 Å². The zero-order valence-electron chi connectivity index (χ0n) is 10.3. The van der Waals surface area contributed by atoms with Crippen molar-refractivity contribution >= 4 is 12.1 Å². The predicted molar refractivity (Wildman–Crippen MR) is 64.7 cm³/mol. The van der Waals surface area contributed by atoms with E-state index in [0.29, 0.717) is 0 Å². The lowest BCUT2D eigenvalue weighted by molar-refractivity contribution is 0.0622. The van der Waals surface area contributed by atoms with Gasteiger partial charge in [-0.25, -0.2) is 9.59 Å². The van der Waals surface area contributed by atoms with Gasteiger partial charge in [0.2, 0.25) is 0 Å². The highest BCUT2D eigenvalue weighted by molar-refractivity contribution is 5.69. The monoisotopic (exact) mass is 252 g/mol. The van der Waals surface area contributed by atoms with Crippen LogP contribution in [0.4, 0.5) is 9.59 Å². The van der Waals surface area contributed by atoms with Gasteiger partial charge in [0, 0.05) is 5.41 Å². The highest BCUT2D eigenvalue weighted by atomic mass is 16.3. The summed E-state index contributed by atoms with van der Waals surface area (Å²) in [4.78, 5) is 18.0. The summed E-state index contributed by atoms with van der Waals surface area (Å²) in [5, 5.41) is 17.5. The van der Waals surface area contributed by atoms with E-state index in [-0.39, 0.29) is 18.6 Å². The van der Waals surface area contributed by atoms with Crippen LogP contribution in [-0.4, -0.2) is 35.5 Å². The van der Waals surface area contributed by atoms with Crippen molar-refractivity contribution in [2.45, 2.75) is 26.7 Å². The van der Waals surface area contributed by atoms with Gasteiger partial charge in [-0.3, -0.25) is 0 Å². The second-order valence-corrected chi connectivity index (χ2v) is 3.68. The van der Waals surface area contributed by atoms with Crippen LogP contribution in [0.3, 0.4) is 0 Å². The molecule has 0 aliphatic carbocycles. The molecule has 0 unspecified atom stereocenters. The average molecular weight is 252 g/mol. The molecule has 0 atom stereocenters. The van der Waals surface area contributed by atoms with Crippen LogP contribution >= 0.6 is 0 Å². The van der Waals surface area contributed by atoms with Crippen molar-refractivity contribution in [1.82, 2.24) is 0 Å². The first-order valence-electron chi connectivity index (χ1n) is 4.96. The lowest BCUT2D eigenvalue weighted by atomic mass is 9.88. The van der Waals surface area contributed by atoms with Crippen molar-refractivity contribution in [1.29, 1.82) is 0 Å². The Morgan fingerprint density at radius 1 is 1.00 bits per heavy atom. The first-order chi connectivity index (χ1) is 7.65. The Hall–Kier alpha value is -1.54. The van der Waals surface area contributed by atoms with Gasteiger partial charge >= 0.3 is 12.1 Å². The number of amides is 4. The predicted octanol–water partition coefficient (Wildman–Crippen LogP) is -1.17. The van der Waals surface area contributed by atoms with Gasteiger partial charge in [0.15, 0.2) is 0 Å². The fourth-order valence-electron chi connectivity index (χ4n) is 0.812. The minimum absolute atomic E-state index is 0.0807. The molecule has 8 heteroatoms. The zero-order valence-corrected chi connectivity index (χ0v) is 10.3. The number of urea groups is 2. The van der Waals surface area contributed by atoms with Crippen LogP contribution in [0.1, 0.15) is 26.7 Å². The molecule has 17 heavy (non-hydrogen) atoms. The number of hydrogen-bond donors (Lipinski definition) is 6. The van der Waals surface area contributed by atoms with Crippen molar-refractivity contribution in [2.75, 3.05) is 13.2 Å². The Labute approximate surface area is 101 Å². The Morgan fingerprint density at radius 2 is 1.24 bits per heavy atom. The smallest absolute Gasteiger partial charge is 0.309 e. The Morgan fingerprint density at radius 3 is 1.29 bits per heavy atom. The fraction of sp³-hybridized carbons (Fsp3) is 0.778. The number of aliphatic hydroxyl groups excluding tert-OH is 2. The lowest BCUT2D eigenvalue weighted by Crippen LogP contribution is -2.25. The molecule has 0 saturated heterocycles. The maximum Gasteiger partial charge on any atom is 0.309 e. The van der Waals surface area contributed by atoms with Gasteiger partial charge in [0.05, 0.1) is 13.2 Å². The second-order valence-electron chi connectivity index (χ2n) is 3.68. The minimum Gasteiger partial charge on any atom is -0.396 e. The van der Waals surface area contributed by atoms with Crippen molar-refractivity contribution in [3.8, 4) is 0 Å². The van der Waals surface area contributed by atoms with Gasteiger partial charge in [0.25, 0.3) is 0 Å². The number of nitrogens with two attached hydrogens (primary N) is 4. The van der Waals surface area contributed by atoms with Gasteiger partial charge < -0.3 is 33.1 Å². The minimum atomic E-state index is -0.833. The van der Waals surface area contributed by atoms with E-state index >= 15 is 0 Å². The standard InChI is InChI=1S/C7H16O2.2CH4N2O/c1-3-4-7(2,5-8)6-9;2*2-1(3)4/h8-9H,3-6H2,1-2H3;2*(H4,2,3,4). The van der Waals surface area contributed by atoms with Crippen LogP contribution in [0.25, 0.3) is 0 Å². The largest absolute Gasteiger partial charge is 0.396 e. The topological polar surface area (TPSA) is 179 Å². The van der Waals surface area contributed by atoms with Gasteiger partial charge in [0.1, 0.15) is 0 Å². The van der Waals surface area contributed by atoms with Gasteiger partial charge in [-0.15, -0.1) is 0 Å². The molecule has 8 nitrogen and oxygen atoms in total. The third-order valence-electron chi connectivity index (χ3n) is 1.62. The summed E-state index contributed by atoms with van der Waals surface area (Å²) in [5.74, 6) is 0. The van der Waals surface area contributed by atoms with E-state index in [1.807, 2.05) is 13.8 Å². The summed E-state index contributed by atoms with van der Waals surface area (Å²) in [6.07, 6.45) is 1.90. The molecule has 104 valence electrons. The van der Waals surface area contributed by atoms with Gasteiger partial charge in [-0.05, 0) is 6.42 Å². The van der Waals surface area contributed by atoms with Crippen LogP contribution in [0.2, 0.25) is 0 Å². The molecule has 10 N–H and O–H groups in total. The van der Waals surface area contributed by atoms with E-state index in [1.165, 1.54) is 0 Å². The van der Waals surface area contributed by atoms with Crippen molar-refractivity contribution in [3.63, 3.8) is 0 Å². The van der Waals surface area contributed by atoms with Crippen LogP contribution in [0.15, 0.2) is 0 Å². The van der Waals surface area contributed by atoms with E-state index < -0.39 is 12.1 Å². The van der Waals surface area contributed by atoms with Crippen LogP contribution in [0, 0.1) is 5.41 Å². The molecule has 0 aliphatic rings. The van der Waals surface area contributed by atoms with Gasteiger partial charge in [-0.1, -0.05) is 20.3 Å². The number of carbonyl (C=O) groups is 2. The molecule has 0 spiro atoms. The van der Waals surface area contributed by atoms with E-state index in [4.69, 9.17) is 19.8 Å². The molecule has 0 radical (unpaired) electrons. The first kappa shape index (κ1) is 20.8. The molecule has 4 amide bonds. The normalized spacial score (nSPS) is 9.18. The van der Waals surface area contributed by atoms with E-state index in [9.17, 15) is 0 Å². The maximum absolute atomic E-state index is 9.00. The molecule has 0 heterocycles. The Balaban J connectivity index is -0.000000205. The summed E-state index contributed by atoms with van der Waals surface area (Å²) >= 11 is 0. The highest BCUT2D eigenvalue weighted by Gasteiger charge is 2.20. The van der Waals surface area contributed by atoms with Crippen LogP contribution in [0.5, 0.6) is 0 Å². The van der Waals surface area contributed by atoms with Crippen LogP contribution < -0.4 is 22.9 Å². The molecule has 0 bridgehead atoms.